The smallest absolute Gasteiger partial charge is 0.223 e. The first-order valence-electron chi connectivity index (χ1n) is 26.3. The maximum atomic E-state index is 5.72. The third kappa shape index (κ3) is 4.06. The second kappa shape index (κ2) is 12.2. The van der Waals surface area contributed by atoms with Crippen molar-refractivity contribution in [3.8, 4) is 33.4 Å². The van der Waals surface area contributed by atoms with Crippen molar-refractivity contribution in [3.05, 3.63) is 192 Å². The van der Waals surface area contributed by atoms with E-state index < -0.39 is 0 Å². The van der Waals surface area contributed by atoms with Gasteiger partial charge in [0.1, 0.15) is 11.0 Å². The number of nitrogens with zero attached hydrogens (tertiary/aromatic N) is 10. The molecule has 0 saturated carbocycles. The van der Waals surface area contributed by atoms with Gasteiger partial charge in [0.2, 0.25) is 23.1 Å². The van der Waals surface area contributed by atoms with Crippen molar-refractivity contribution in [2.45, 2.75) is 38.5 Å². The zero-order valence-electron chi connectivity index (χ0n) is 41.6. The van der Waals surface area contributed by atoms with Crippen LogP contribution in [0.25, 0.3) is 155 Å². The van der Waals surface area contributed by atoms with Gasteiger partial charge in [-0.2, -0.15) is 0 Å². The normalized spacial score (nSPS) is 15.1. The molecule has 0 bridgehead atoms. The van der Waals surface area contributed by atoms with E-state index in [9.17, 15) is 0 Å². The highest BCUT2D eigenvalue weighted by atomic mass is 15.3. The Morgan fingerprint density at radius 2 is 0.803 bits per heavy atom. The van der Waals surface area contributed by atoms with Gasteiger partial charge in [-0.05, 0) is 115 Å². The molecule has 354 valence electrons. The molecule has 10 aromatic carbocycles. The average Bonchev–Trinajstić information content (AvgIpc) is 4.48. The number of benzene rings is 10. The van der Waals surface area contributed by atoms with Gasteiger partial charge in [-0.1, -0.05) is 143 Å². The number of rotatable bonds is 1. The van der Waals surface area contributed by atoms with Gasteiger partial charge in [-0.25, -0.2) is 28.7 Å². The molecule has 0 radical (unpaired) electrons. The van der Waals surface area contributed by atoms with E-state index in [-0.39, 0.29) is 10.8 Å². The third-order valence-corrected chi connectivity index (χ3v) is 18.4. The molecule has 0 saturated heterocycles. The molecule has 0 atom stereocenters. The van der Waals surface area contributed by atoms with Crippen LogP contribution in [0.5, 0.6) is 0 Å². The van der Waals surface area contributed by atoms with Crippen molar-refractivity contribution < 1.29 is 0 Å². The molecule has 8 heterocycles. The minimum atomic E-state index is -0.329. The molecule has 0 fully saturated rings. The van der Waals surface area contributed by atoms with Crippen LogP contribution >= 0.6 is 0 Å². The Morgan fingerprint density at radius 1 is 0.316 bits per heavy atom. The van der Waals surface area contributed by atoms with Crippen LogP contribution in [0.4, 0.5) is 0 Å². The first-order valence-corrected chi connectivity index (χ1v) is 26.3. The van der Waals surface area contributed by atoms with Crippen LogP contribution < -0.4 is 0 Å². The quantitative estimate of drug-likeness (QED) is 0.164. The number of hydrogen-bond donors (Lipinski definition) is 0. The summed E-state index contributed by atoms with van der Waals surface area (Å²) in [5.41, 5.74) is 27.3. The van der Waals surface area contributed by atoms with E-state index in [2.05, 4.69) is 224 Å². The van der Waals surface area contributed by atoms with Crippen LogP contribution in [-0.4, -0.2) is 46.3 Å². The van der Waals surface area contributed by atoms with Crippen molar-refractivity contribution in [1.29, 1.82) is 0 Å². The highest BCUT2D eigenvalue weighted by Gasteiger charge is 2.43. The predicted octanol–water partition coefficient (Wildman–Crippen LogP) is 15.2. The van der Waals surface area contributed by atoms with Crippen LogP contribution in [-0.2, 0) is 10.8 Å². The van der Waals surface area contributed by atoms with Crippen LogP contribution in [0.2, 0.25) is 0 Å². The Morgan fingerprint density at radius 3 is 1.42 bits per heavy atom. The molecule has 0 aliphatic heterocycles. The van der Waals surface area contributed by atoms with E-state index in [1.54, 1.807) is 0 Å². The van der Waals surface area contributed by atoms with Crippen LogP contribution in [0.15, 0.2) is 170 Å². The van der Waals surface area contributed by atoms with Gasteiger partial charge >= 0.3 is 0 Å². The molecule has 76 heavy (non-hydrogen) atoms. The van der Waals surface area contributed by atoms with Crippen LogP contribution in [0.3, 0.4) is 0 Å². The lowest BCUT2D eigenvalue weighted by atomic mass is 9.80. The highest BCUT2D eigenvalue weighted by Crippen LogP contribution is 2.58. The zero-order valence-corrected chi connectivity index (χ0v) is 41.6. The molecule has 0 amide bonds. The van der Waals surface area contributed by atoms with Crippen molar-refractivity contribution in [2.75, 3.05) is 0 Å². The van der Waals surface area contributed by atoms with Crippen molar-refractivity contribution in [1.82, 2.24) is 46.3 Å². The summed E-state index contributed by atoms with van der Waals surface area (Å²) in [6.45, 7) is 9.56. The van der Waals surface area contributed by atoms with E-state index in [0.717, 1.165) is 100 Å². The second-order valence-corrected chi connectivity index (χ2v) is 22.7. The zero-order chi connectivity index (χ0) is 49.6. The fourth-order valence-electron chi connectivity index (χ4n) is 15.2. The van der Waals surface area contributed by atoms with E-state index in [0.29, 0.717) is 0 Å². The Balaban J connectivity index is 0.871. The molecule has 10 heteroatoms. The lowest BCUT2D eigenvalue weighted by Crippen LogP contribution is -2.16. The number of aromatic nitrogens is 10. The van der Waals surface area contributed by atoms with Gasteiger partial charge in [0, 0.05) is 27.2 Å². The van der Waals surface area contributed by atoms with E-state index in [1.165, 1.54) is 77.2 Å². The molecule has 0 spiro atoms. The summed E-state index contributed by atoms with van der Waals surface area (Å²) in [5.74, 6) is 3.50. The SMILES string of the molecule is CC1(C)c2ccc(-c3cc4nc5n(c6cccc7c6n5c5nc6ccc8ccccc8c6n75)c4c4c3-c3ccccc3C4(C)C)cc2-c2c1ccc1nc3n(c4cccc5c4n3c3nc4ccc6ccccc6c4n53)c21. The predicted molar refractivity (Wildman–Crippen MR) is 306 cm³/mol. The third-order valence-electron chi connectivity index (χ3n) is 18.4. The fraction of sp³-hybridized carbons (Fsp3) is 0.0909. The lowest BCUT2D eigenvalue weighted by molar-refractivity contribution is 0.661. The fourth-order valence-corrected chi connectivity index (χ4v) is 15.2. The Labute approximate surface area is 430 Å². The summed E-state index contributed by atoms with van der Waals surface area (Å²) < 4.78 is 14.1. The summed E-state index contributed by atoms with van der Waals surface area (Å²) in [4.78, 5) is 22.0. The van der Waals surface area contributed by atoms with Gasteiger partial charge in [0.05, 0.1) is 66.2 Å². The van der Waals surface area contributed by atoms with Gasteiger partial charge < -0.3 is 0 Å². The van der Waals surface area contributed by atoms with E-state index >= 15 is 0 Å². The van der Waals surface area contributed by atoms with Gasteiger partial charge in [-0.3, -0.25) is 17.6 Å². The van der Waals surface area contributed by atoms with Crippen molar-refractivity contribution in [3.63, 3.8) is 0 Å². The lowest BCUT2D eigenvalue weighted by Gasteiger charge is -2.23. The molecular weight excluding hydrogens is 933 g/mol. The van der Waals surface area contributed by atoms with Gasteiger partial charge in [0.15, 0.2) is 0 Å². The van der Waals surface area contributed by atoms with Crippen LogP contribution in [0.1, 0.15) is 49.9 Å². The molecule has 10 nitrogen and oxygen atoms in total. The molecule has 0 unspecified atom stereocenters. The van der Waals surface area contributed by atoms with E-state index in [4.69, 9.17) is 19.9 Å². The van der Waals surface area contributed by atoms with Crippen molar-refractivity contribution >= 4 is 122 Å². The summed E-state index contributed by atoms with van der Waals surface area (Å²) in [7, 11) is 0. The number of hydrogen-bond acceptors (Lipinski definition) is 4. The minimum absolute atomic E-state index is 0.257. The van der Waals surface area contributed by atoms with Gasteiger partial charge in [-0.15, -0.1) is 0 Å². The Bertz CT molecular complexity index is 5780. The minimum Gasteiger partial charge on any atom is -0.275 e. The van der Waals surface area contributed by atoms with Crippen LogP contribution in [0, 0.1) is 0 Å². The molecule has 8 aromatic heterocycles. The standard InChI is InChI=1S/C66H40N10/c1-65(2)42-26-23-35(31-40(42)53-43(65)27-30-46-57(53)73-50-21-11-19-48-59(50)75(63(73)69-46)61-67-44-28-24-33-13-5-7-15-36(33)55(44)71(48)61)39-32-47-58(54-52(39)38-17-9-10-18-41(38)66(54,3)4)74-51-22-12-20-49-60(51)76(64(74)70-47)62-68-45-29-25-34-14-6-8-16-37(34)56(45)72(49)62/h5-32H,1-4H3. The van der Waals surface area contributed by atoms with Crippen molar-refractivity contribution in [2.24, 2.45) is 0 Å². The molecular formula is C66H40N10. The van der Waals surface area contributed by atoms with E-state index in [1.807, 2.05) is 0 Å². The molecule has 2 aliphatic rings. The Kier molecular flexibility index (Phi) is 6.24. The second-order valence-electron chi connectivity index (χ2n) is 22.7. The Hall–Kier alpha value is -9.80. The summed E-state index contributed by atoms with van der Waals surface area (Å²) in [6, 6.07) is 62.6. The molecule has 20 rings (SSSR count). The maximum Gasteiger partial charge on any atom is 0.223 e. The molecule has 2 aliphatic carbocycles. The molecule has 0 N–H and O–H groups in total. The summed E-state index contributed by atoms with van der Waals surface area (Å²) in [5, 5.41) is 4.79. The number of fused-ring (bicyclic) bond motifs is 32. The first kappa shape index (κ1) is 38.8. The average molecular weight is 973 g/mol. The topological polar surface area (TPSA) is 78.0 Å². The van der Waals surface area contributed by atoms with Gasteiger partial charge in [0.25, 0.3) is 0 Å². The molecule has 18 aromatic rings. The highest BCUT2D eigenvalue weighted by molar-refractivity contribution is 6.14. The number of imidazole rings is 8. The maximum absolute atomic E-state index is 5.72. The first-order chi connectivity index (χ1) is 37.2. The summed E-state index contributed by atoms with van der Waals surface area (Å²) in [6.07, 6.45) is 0. The largest absolute Gasteiger partial charge is 0.275 e. The summed E-state index contributed by atoms with van der Waals surface area (Å²) >= 11 is 0. The monoisotopic (exact) mass is 972 g/mol. The number of para-hydroxylation sites is 2.